The molecule has 0 spiro atoms. The first-order valence-electron chi connectivity index (χ1n) is 5.58. The molecule has 0 aromatic rings. The number of hydrogen-bond donors (Lipinski definition) is 0. The lowest BCUT2D eigenvalue weighted by Gasteiger charge is -2.34. The van der Waals surface area contributed by atoms with Gasteiger partial charge in [-0.3, -0.25) is 0 Å². The predicted molar refractivity (Wildman–Crippen MR) is 59.7 cm³/mol. The SMILES string of the molecule is C=C1CC(C)CCC(C)(C)CC1C. The van der Waals surface area contributed by atoms with Crippen LogP contribution in [-0.2, 0) is 0 Å². The van der Waals surface area contributed by atoms with Crippen molar-refractivity contribution in [1.82, 2.24) is 0 Å². The first kappa shape index (κ1) is 10.8. The quantitative estimate of drug-likeness (QED) is 0.484. The van der Waals surface area contributed by atoms with Crippen LogP contribution in [0.5, 0.6) is 0 Å². The van der Waals surface area contributed by atoms with Gasteiger partial charge in [-0.25, -0.2) is 0 Å². The van der Waals surface area contributed by atoms with Gasteiger partial charge in [-0.1, -0.05) is 39.8 Å². The fourth-order valence-electron chi connectivity index (χ4n) is 2.46. The van der Waals surface area contributed by atoms with Gasteiger partial charge in [-0.15, -0.1) is 0 Å². The van der Waals surface area contributed by atoms with Crippen LogP contribution in [0.3, 0.4) is 0 Å². The van der Waals surface area contributed by atoms with Gasteiger partial charge in [0.2, 0.25) is 0 Å². The molecule has 1 rings (SSSR count). The summed E-state index contributed by atoms with van der Waals surface area (Å²) in [5, 5.41) is 0. The van der Waals surface area contributed by atoms with Crippen molar-refractivity contribution in [2.45, 2.75) is 53.4 Å². The van der Waals surface area contributed by atoms with E-state index < -0.39 is 0 Å². The zero-order valence-electron chi connectivity index (χ0n) is 9.69. The maximum absolute atomic E-state index is 4.21. The third-order valence-electron chi connectivity index (χ3n) is 3.48. The summed E-state index contributed by atoms with van der Waals surface area (Å²) in [5.74, 6) is 1.56. The van der Waals surface area contributed by atoms with Gasteiger partial charge in [0.05, 0.1) is 0 Å². The van der Waals surface area contributed by atoms with Crippen LogP contribution in [-0.4, -0.2) is 0 Å². The minimum atomic E-state index is 0.525. The Kier molecular flexibility index (Phi) is 3.21. The van der Waals surface area contributed by atoms with E-state index in [2.05, 4.69) is 34.3 Å². The average molecular weight is 180 g/mol. The molecule has 0 N–H and O–H groups in total. The molecule has 2 atom stereocenters. The third-order valence-corrected chi connectivity index (χ3v) is 3.48. The van der Waals surface area contributed by atoms with Gasteiger partial charge in [-0.2, -0.15) is 0 Å². The Hall–Kier alpha value is -0.260. The van der Waals surface area contributed by atoms with Crippen molar-refractivity contribution in [2.75, 3.05) is 0 Å². The molecule has 0 saturated heterocycles. The highest BCUT2D eigenvalue weighted by atomic mass is 14.3. The lowest BCUT2D eigenvalue weighted by atomic mass is 9.72. The summed E-state index contributed by atoms with van der Waals surface area (Å²) in [7, 11) is 0. The summed E-state index contributed by atoms with van der Waals surface area (Å²) < 4.78 is 0. The van der Waals surface area contributed by atoms with Gasteiger partial charge >= 0.3 is 0 Å². The molecule has 1 aliphatic rings. The van der Waals surface area contributed by atoms with Crippen molar-refractivity contribution in [2.24, 2.45) is 17.3 Å². The standard InChI is InChI=1S/C13H24/c1-10-6-7-13(4,5)9-12(3)11(2)8-10/h10,12H,2,6-9H2,1,3-5H3. The fraction of sp³-hybridized carbons (Fsp3) is 0.846. The van der Waals surface area contributed by atoms with E-state index >= 15 is 0 Å². The van der Waals surface area contributed by atoms with Gasteiger partial charge in [0.25, 0.3) is 0 Å². The van der Waals surface area contributed by atoms with Crippen molar-refractivity contribution >= 4 is 0 Å². The fourth-order valence-corrected chi connectivity index (χ4v) is 2.46. The Morgan fingerprint density at radius 1 is 1.31 bits per heavy atom. The van der Waals surface area contributed by atoms with Crippen molar-refractivity contribution in [3.05, 3.63) is 12.2 Å². The second-order valence-corrected chi connectivity index (χ2v) is 5.78. The van der Waals surface area contributed by atoms with E-state index in [1.165, 1.54) is 31.3 Å². The minimum Gasteiger partial charge on any atom is -0.0996 e. The lowest BCUT2D eigenvalue weighted by molar-refractivity contribution is 0.227. The van der Waals surface area contributed by atoms with Crippen molar-refractivity contribution < 1.29 is 0 Å². The van der Waals surface area contributed by atoms with Gasteiger partial charge in [0.1, 0.15) is 0 Å². The van der Waals surface area contributed by atoms with Crippen LogP contribution in [0, 0.1) is 17.3 Å². The van der Waals surface area contributed by atoms with E-state index in [1.54, 1.807) is 0 Å². The molecule has 76 valence electrons. The Bertz CT molecular complexity index is 188. The highest BCUT2D eigenvalue weighted by Gasteiger charge is 2.26. The summed E-state index contributed by atoms with van der Waals surface area (Å²) in [6.07, 6.45) is 5.32. The van der Waals surface area contributed by atoms with E-state index in [1.807, 2.05) is 0 Å². The van der Waals surface area contributed by atoms with Crippen LogP contribution in [0.2, 0.25) is 0 Å². The summed E-state index contributed by atoms with van der Waals surface area (Å²) >= 11 is 0. The molecule has 1 fully saturated rings. The molecule has 0 nitrogen and oxygen atoms in total. The van der Waals surface area contributed by atoms with Crippen LogP contribution >= 0.6 is 0 Å². The summed E-state index contributed by atoms with van der Waals surface area (Å²) in [6, 6.07) is 0. The van der Waals surface area contributed by atoms with E-state index in [9.17, 15) is 0 Å². The van der Waals surface area contributed by atoms with Gasteiger partial charge in [-0.05, 0) is 42.9 Å². The predicted octanol–water partition coefficient (Wildman–Crippen LogP) is 4.42. The van der Waals surface area contributed by atoms with Crippen molar-refractivity contribution in [3.8, 4) is 0 Å². The maximum Gasteiger partial charge on any atom is -0.0229 e. The number of allylic oxidation sites excluding steroid dienone is 1. The molecule has 0 aromatic heterocycles. The van der Waals surface area contributed by atoms with Gasteiger partial charge in [0.15, 0.2) is 0 Å². The van der Waals surface area contributed by atoms with E-state index in [0.29, 0.717) is 5.41 Å². The molecule has 1 saturated carbocycles. The molecule has 2 unspecified atom stereocenters. The molecule has 0 radical (unpaired) electrons. The average Bonchev–Trinajstić information content (AvgIpc) is 1.99. The van der Waals surface area contributed by atoms with Crippen LogP contribution in [0.4, 0.5) is 0 Å². The topological polar surface area (TPSA) is 0 Å². The zero-order chi connectivity index (χ0) is 10.1. The molecule has 1 aliphatic carbocycles. The van der Waals surface area contributed by atoms with E-state index in [-0.39, 0.29) is 0 Å². The van der Waals surface area contributed by atoms with E-state index in [0.717, 1.165) is 11.8 Å². The first-order valence-corrected chi connectivity index (χ1v) is 5.58. The normalized spacial score (nSPS) is 35.2. The first-order chi connectivity index (χ1) is 5.91. The largest absolute Gasteiger partial charge is 0.0996 e. The Morgan fingerprint density at radius 3 is 2.54 bits per heavy atom. The highest BCUT2D eigenvalue weighted by molar-refractivity contribution is 5.02. The monoisotopic (exact) mass is 180 g/mol. The second kappa shape index (κ2) is 3.86. The summed E-state index contributed by atoms with van der Waals surface area (Å²) in [5.41, 5.74) is 2.00. The molecule has 0 heterocycles. The van der Waals surface area contributed by atoms with Crippen LogP contribution in [0.25, 0.3) is 0 Å². The van der Waals surface area contributed by atoms with Crippen LogP contribution in [0.1, 0.15) is 53.4 Å². The smallest absolute Gasteiger partial charge is 0.0229 e. The zero-order valence-corrected chi connectivity index (χ0v) is 9.69. The molecule has 0 aliphatic heterocycles. The molecule has 0 aromatic carbocycles. The van der Waals surface area contributed by atoms with Crippen molar-refractivity contribution in [3.63, 3.8) is 0 Å². The number of hydrogen-bond acceptors (Lipinski definition) is 0. The van der Waals surface area contributed by atoms with Gasteiger partial charge < -0.3 is 0 Å². The highest BCUT2D eigenvalue weighted by Crippen LogP contribution is 2.39. The molecule has 0 amide bonds. The van der Waals surface area contributed by atoms with Crippen LogP contribution < -0.4 is 0 Å². The molecule has 13 heavy (non-hydrogen) atoms. The Balaban J connectivity index is 2.67. The molecular formula is C13H24. The second-order valence-electron chi connectivity index (χ2n) is 5.78. The van der Waals surface area contributed by atoms with Crippen molar-refractivity contribution in [1.29, 1.82) is 0 Å². The lowest BCUT2D eigenvalue weighted by Crippen LogP contribution is -2.21. The maximum atomic E-state index is 4.21. The minimum absolute atomic E-state index is 0.525. The Labute approximate surface area is 83.4 Å². The van der Waals surface area contributed by atoms with E-state index in [4.69, 9.17) is 0 Å². The molecule has 0 heteroatoms. The van der Waals surface area contributed by atoms with Gasteiger partial charge in [0, 0.05) is 0 Å². The summed E-state index contributed by atoms with van der Waals surface area (Å²) in [4.78, 5) is 0. The Morgan fingerprint density at radius 2 is 1.92 bits per heavy atom. The number of rotatable bonds is 0. The third kappa shape index (κ3) is 3.17. The molecular weight excluding hydrogens is 156 g/mol. The molecule has 0 bridgehead atoms. The summed E-state index contributed by atoms with van der Waals surface area (Å²) in [6.45, 7) is 13.7. The van der Waals surface area contributed by atoms with Crippen LogP contribution in [0.15, 0.2) is 12.2 Å².